The molecule has 1 aromatic carbocycles. The molecule has 2 nitrogen and oxygen atoms in total. The van der Waals surface area contributed by atoms with Crippen molar-refractivity contribution in [2.45, 2.75) is 6.42 Å². The topological polar surface area (TPSA) is 29.1 Å². The van der Waals surface area contributed by atoms with Crippen LogP contribution in [-0.2, 0) is 11.2 Å². The molecule has 1 aromatic rings. The van der Waals surface area contributed by atoms with Crippen LogP contribution in [0.1, 0.15) is 5.56 Å². The van der Waals surface area contributed by atoms with Crippen molar-refractivity contribution in [1.29, 1.82) is 0 Å². The lowest BCUT2D eigenvalue weighted by Gasteiger charge is -2.03. The van der Waals surface area contributed by atoms with Gasteiger partial charge in [-0.2, -0.15) is 0 Å². The molecule has 14 heavy (non-hydrogen) atoms. The molecule has 1 amide bonds. The van der Waals surface area contributed by atoms with Crippen LogP contribution in [0, 0.1) is 0 Å². The number of benzene rings is 1. The second-order valence-electron chi connectivity index (χ2n) is 2.86. The summed E-state index contributed by atoms with van der Waals surface area (Å²) in [6, 6.07) is 8.02. The van der Waals surface area contributed by atoms with E-state index < -0.39 is 0 Å². The fourth-order valence-electron chi connectivity index (χ4n) is 1.04. The summed E-state index contributed by atoms with van der Waals surface area (Å²) in [5, 5.41) is 2.71. The predicted octanol–water partition coefficient (Wildman–Crippen LogP) is 2.35. The molecule has 0 bridgehead atoms. The third-order valence-electron chi connectivity index (χ3n) is 1.77. The summed E-state index contributed by atoms with van der Waals surface area (Å²) in [7, 11) is 0. The third kappa shape index (κ3) is 4.11. The number of carbonyl (C=O) groups excluding carboxylic acids is 1. The quantitative estimate of drug-likeness (QED) is 0.841. The molecule has 0 saturated heterocycles. The first kappa shape index (κ1) is 11.5. The van der Waals surface area contributed by atoms with Crippen LogP contribution in [0.25, 0.3) is 0 Å². The number of hydrogen-bond donors (Lipinski definition) is 1. The Labute approximate surface area is 96.8 Å². The molecule has 1 rings (SSSR count). The molecular weight excluding hydrogens is 265 g/mol. The summed E-state index contributed by atoms with van der Waals surface area (Å²) < 4.78 is 1.06. The smallest absolute Gasteiger partial charge is 0.234 e. The van der Waals surface area contributed by atoms with Crippen LogP contribution >= 0.6 is 27.5 Å². The Hall–Kier alpha value is -0.540. The third-order valence-corrected chi connectivity index (χ3v) is 2.54. The number of halogens is 2. The normalized spacial score (nSPS) is 9.86. The average Bonchev–Trinajstić information content (AvgIpc) is 2.21. The highest BCUT2D eigenvalue weighted by Crippen LogP contribution is 2.10. The van der Waals surface area contributed by atoms with Gasteiger partial charge in [0.15, 0.2) is 0 Å². The van der Waals surface area contributed by atoms with Crippen molar-refractivity contribution >= 4 is 33.4 Å². The summed E-state index contributed by atoms with van der Waals surface area (Å²) in [4.78, 5) is 10.8. The zero-order valence-corrected chi connectivity index (χ0v) is 9.94. The van der Waals surface area contributed by atoms with Gasteiger partial charge in [-0.15, -0.1) is 11.6 Å². The SMILES string of the molecule is O=C(CCl)NCCc1ccc(Br)cc1. The molecule has 0 spiro atoms. The molecule has 0 radical (unpaired) electrons. The maximum Gasteiger partial charge on any atom is 0.234 e. The minimum Gasteiger partial charge on any atom is -0.355 e. The first-order valence-electron chi connectivity index (χ1n) is 4.29. The molecule has 4 heteroatoms. The van der Waals surface area contributed by atoms with Gasteiger partial charge in [0.05, 0.1) is 0 Å². The molecular formula is C10H11BrClNO. The summed E-state index contributed by atoms with van der Waals surface area (Å²) >= 11 is 8.70. The van der Waals surface area contributed by atoms with E-state index in [2.05, 4.69) is 21.2 Å². The Balaban J connectivity index is 2.31. The lowest BCUT2D eigenvalue weighted by Crippen LogP contribution is -2.26. The van der Waals surface area contributed by atoms with Crippen LogP contribution in [0.5, 0.6) is 0 Å². The van der Waals surface area contributed by atoms with Crippen LogP contribution in [0.3, 0.4) is 0 Å². The molecule has 0 atom stereocenters. The van der Waals surface area contributed by atoms with E-state index in [0.717, 1.165) is 10.9 Å². The minimum atomic E-state index is -0.122. The molecule has 1 N–H and O–H groups in total. The molecule has 0 heterocycles. The predicted molar refractivity (Wildman–Crippen MR) is 61.6 cm³/mol. The fourth-order valence-corrected chi connectivity index (χ4v) is 1.40. The van der Waals surface area contributed by atoms with E-state index in [4.69, 9.17) is 11.6 Å². The number of carbonyl (C=O) groups is 1. The Morgan fingerprint density at radius 2 is 2.00 bits per heavy atom. The molecule has 0 unspecified atom stereocenters. The van der Waals surface area contributed by atoms with E-state index in [0.29, 0.717) is 6.54 Å². The van der Waals surface area contributed by atoms with Crippen molar-refractivity contribution in [3.8, 4) is 0 Å². The first-order valence-corrected chi connectivity index (χ1v) is 5.62. The van der Waals surface area contributed by atoms with Crippen molar-refractivity contribution in [2.24, 2.45) is 0 Å². The number of rotatable bonds is 4. The summed E-state index contributed by atoms with van der Waals surface area (Å²) in [6.45, 7) is 0.632. The second kappa shape index (κ2) is 6.04. The van der Waals surface area contributed by atoms with Crippen molar-refractivity contribution < 1.29 is 4.79 Å². The van der Waals surface area contributed by atoms with Crippen LogP contribution in [-0.4, -0.2) is 18.3 Å². The number of amides is 1. The molecule has 0 aliphatic carbocycles. The van der Waals surface area contributed by atoms with Gasteiger partial charge < -0.3 is 5.32 Å². The van der Waals surface area contributed by atoms with Gasteiger partial charge in [-0.1, -0.05) is 28.1 Å². The highest BCUT2D eigenvalue weighted by Gasteiger charge is 1.97. The monoisotopic (exact) mass is 275 g/mol. The van der Waals surface area contributed by atoms with Gasteiger partial charge in [0.2, 0.25) is 5.91 Å². The van der Waals surface area contributed by atoms with Crippen molar-refractivity contribution in [2.75, 3.05) is 12.4 Å². The molecule has 76 valence electrons. The van der Waals surface area contributed by atoms with E-state index in [-0.39, 0.29) is 11.8 Å². The molecule has 0 aromatic heterocycles. The van der Waals surface area contributed by atoms with Crippen molar-refractivity contribution in [3.05, 3.63) is 34.3 Å². The standard InChI is InChI=1S/C10H11BrClNO/c11-9-3-1-8(2-4-9)5-6-13-10(14)7-12/h1-4H,5-7H2,(H,13,14). The van der Waals surface area contributed by atoms with E-state index in [1.54, 1.807) is 0 Å². The maximum absolute atomic E-state index is 10.8. The summed E-state index contributed by atoms with van der Waals surface area (Å²) in [5.41, 5.74) is 1.20. The second-order valence-corrected chi connectivity index (χ2v) is 4.04. The Morgan fingerprint density at radius 1 is 1.36 bits per heavy atom. The lowest BCUT2D eigenvalue weighted by atomic mass is 10.1. The fraction of sp³-hybridized carbons (Fsp3) is 0.300. The maximum atomic E-state index is 10.8. The van der Waals surface area contributed by atoms with Gasteiger partial charge >= 0.3 is 0 Å². The first-order chi connectivity index (χ1) is 6.72. The van der Waals surface area contributed by atoms with E-state index in [1.807, 2.05) is 24.3 Å². The average molecular weight is 277 g/mol. The van der Waals surface area contributed by atoms with E-state index in [9.17, 15) is 4.79 Å². The highest BCUT2D eigenvalue weighted by molar-refractivity contribution is 9.10. The molecule has 0 saturated carbocycles. The summed E-state index contributed by atoms with van der Waals surface area (Å²) in [6.07, 6.45) is 0.829. The van der Waals surface area contributed by atoms with Gasteiger partial charge in [-0.25, -0.2) is 0 Å². The van der Waals surface area contributed by atoms with Gasteiger partial charge in [-0.05, 0) is 24.1 Å². The molecule has 0 fully saturated rings. The lowest BCUT2D eigenvalue weighted by molar-refractivity contribution is -0.118. The highest BCUT2D eigenvalue weighted by atomic mass is 79.9. The molecule has 0 aliphatic heterocycles. The van der Waals surface area contributed by atoms with Gasteiger partial charge in [0, 0.05) is 11.0 Å². The van der Waals surface area contributed by atoms with E-state index in [1.165, 1.54) is 5.56 Å². The van der Waals surface area contributed by atoms with Crippen LogP contribution in [0.2, 0.25) is 0 Å². The van der Waals surface area contributed by atoms with Crippen LogP contribution in [0.15, 0.2) is 28.7 Å². The summed E-state index contributed by atoms with van der Waals surface area (Å²) in [5.74, 6) is -0.0934. The van der Waals surface area contributed by atoms with Gasteiger partial charge in [0.25, 0.3) is 0 Å². The van der Waals surface area contributed by atoms with Crippen molar-refractivity contribution in [3.63, 3.8) is 0 Å². The van der Waals surface area contributed by atoms with E-state index >= 15 is 0 Å². The van der Waals surface area contributed by atoms with Gasteiger partial charge in [0.1, 0.15) is 5.88 Å². The Kier molecular flexibility index (Phi) is 4.98. The molecule has 0 aliphatic rings. The van der Waals surface area contributed by atoms with Crippen molar-refractivity contribution in [1.82, 2.24) is 5.32 Å². The van der Waals surface area contributed by atoms with Crippen LogP contribution in [0.4, 0.5) is 0 Å². The van der Waals surface area contributed by atoms with Gasteiger partial charge in [-0.3, -0.25) is 4.79 Å². The number of hydrogen-bond acceptors (Lipinski definition) is 1. The zero-order valence-electron chi connectivity index (χ0n) is 7.59. The number of nitrogens with one attached hydrogen (secondary N) is 1. The Bertz CT molecular complexity index is 299. The minimum absolute atomic E-state index is 0.0281. The largest absolute Gasteiger partial charge is 0.355 e. The Morgan fingerprint density at radius 3 is 2.57 bits per heavy atom. The zero-order chi connectivity index (χ0) is 10.4. The number of alkyl halides is 1. The van der Waals surface area contributed by atoms with Crippen LogP contribution < -0.4 is 5.32 Å².